The van der Waals surface area contributed by atoms with Crippen molar-refractivity contribution in [3.8, 4) is 5.75 Å². The molecule has 27 heavy (non-hydrogen) atoms. The molecule has 0 spiro atoms. The zero-order chi connectivity index (χ0) is 19.4. The Morgan fingerprint density at radius 1 is 1.33 bits per heavy atom. The Morgan fingerprint density at radius 2 is 2.07 bits per heavy atom. The van der Waals surface area contributed by atoms with Crippen LogP contribution in [-0.4, -0.2) is 59.1 Å². The number of carbonyl (C=O) groups is 1. The van der Waals surface area contributed by atoms with Crippen LogP contribution in [0.4, 0.5) is 0 Å². The molecule has 1 N–H and O–H groups in total. The summed E-state index contributed by atoms with van der Waals surface area (Å²) in [4.78, 5) is 16.7. The molecule has 2 saturated heterocycles. The van der Waals surface area contributed by atoms with E-state index < -0.39 is 0 Å². The van der Waals surface area contributed by atoms with Crippen molar-refractivity contribution >= 4 is 41.1 Å². The second-order valence-corrected chi connectivity index (χ2v) is 8.87. The molecule has 0 unspecified atom stereocenters. The fourth-order valence-corrected chi connectivity index (χ4v) is 4.53. The lowest BCUT2D eigenvalue weighted by atomic mass is 10.1. The van der Waals surface area contributed by atoms with Crippen molar-refractivity contribution in [2.45, 2.75) is 20.4 Å². The van der Waals surface area contributed by atoms with Gasteiger partial charge in [0.25, 0.3) is 5.91 Å². The highest BCUT2D eigenvalue weighted by molar-refractivity contribution is 7.99. The third-order valence-corrected chi connectivity index (χ3v) is 5.89. The van der Waals surface area contributed by atoms with Crippen molar-refractivity contribution in [3.63, 3.8) is 0 Å². The summed E-state index contributed by atoms with van der Waals surface area (Å²) in [5.41, 5.74) is 2.65. The minimum absolute atomic E-state index is 0.0564. The van der Waals surface area contributed by atoms with Crippen LogP contribution in [-0.2, 0) is 11.3 Å². The van der Waals surface area contributed by atoms with E-state index in [-0.39, 0.29) is 5.91 Å². The number of amides is 1. The van der Waals surface area contributed by atoms with Crippen molar-refractivity contribution in [1.82, 2.24) is 15.1 Å². The maximum Gasteiger partial charge on any atom is 0.276 e. The van der Waals surface area contributed by atoms with Gasteiger partial charge < -0.3 is 10.1 Å². The van der Waals surface area contributed by atoms with Crippen LogP contribution in [0.1, 0.15) is 25.0 Å². The number of methoxy groups -OCH3 is 1. The van der Waals surface area contributed by atoms with Crippen LogP contribution in [0.25, 0.3) is 6.08 Å². The van der Waals surface area contributed by atoms with Crippen LogP contribution < -0.4 is 10.1 Å². The molecule has 3 rings (SSSR count). The normalized spacial score (nSPS) is 19.9. The fourth-order valence-electron chi connectivity index (χ4n) is 3.28. The maximum atomic E-state index is 12.7. The zero-order valence-corrected chi connectivity index (χ0v) is 17.8. The van der Waals surface area contributed by atoms with E-state index in [2.05, 4.69) is 30.1 Å². The predicted molar refractivity (Wildman–Crippen MR) is 116 cm³/mol. The van der Waals surface area contributed by atoms with Crippen LogP contribution in [0.3, 0.4) is 0 Å². The lowest BCUT2D eigenvalue weighted by Gasteiger charge is -2.26. The smallest absolute Gasteiger partial charge is 0.276 e. The number of hydrogen-bond acceptors (Lipinski definition) is 5. The summed E-state index contributed by atoms with van der Waals surface area (Å²) in [6, 6.07) is 6.06. The topological polar surface area (TPSA) is 44.8 Å². The largest absolute Gasteiger partial charge is 0.496 e. The van der Waals surface area contributed by atoms with Gasteiger partial charge in [-0.15, -0.1) is 0 Å². The molecule has 0 aromatic heterocycles. The van der Waals surface area contributed by atoms with Gasteiger partial charge >= 0.3 is 0 Å². The van der Waals surface area contributed by atoms with Crippen molar-refractivity contribution in [1.29, 1.82) is 0 Å². The van der Waals surface area contributed by atoms with Gasteiger partial charge in [0.15, 0.2) is 5.11 Å². The molecule has 1 aromatic rings. The molecule has 0 saturated carbocycles. The number of benzene rings is 1. The molecule has 0 atom stereocenters. The number of rotatable bonds is 6. The van der Waals surface area contributed by atoms with E-state index in [1.165, 1.54) is 11.5 Å². The molecule has 7 heteroatoms. The van der Waals surface area contributed by atoms with Crippen molar-refractivity contribution in [2.24, 2.45) is 5.92 Å². The minimum atomic E-state index is -0.0564. The number of nitrogens with zero attached hydrogens (tertiary/aromatic N) is 2. The molecule has 2 aliphatic heterocycles. The third kappa shape index (κ3) is 5.03. The molecular formula is C20H27N3O2S2. The van der Waals surface area contributed by atoms with Crippen molar-refractivity contribution in [3.05, 3.63) is 35.0 Å². The van der Waals surface area contributed by atoms with E-state index in [0.29, 0.717) is 23.3 Å². The van der Waals surface area contributed by atoms with E-state index in [1.807, 2.05) is 30.0 Å². The summed E-state index contributed by atoms with van der Waals surface area (Å²) in [6.07, 6.45) is 1.88. The summed E-state index contributed by atoms with van der Waals surface area (Å²) in [5.74, 6) is 3.54. The van der Waals surface area contributed by atoms with Gasteiger partial charge in [0.1, 0.15) is 11.4 Å². The Balaban J connectivity index is 1.80. The Kier molecular flexibility index (Phi) is 6.78. The van der Waals surface area contributed by atoms with Crippen molar-refractivity contribution in [2.75, 3.05) is 38.2 Å². The Morgan fingerprint density at radius 3 is 2.74 bits per heavy atom. The Labute approximate surface area is 171 Å². The van der Waals surface area contributed by atoms with Crippen LogP contribution in [0, 0.1) is 5.92 Å². The summed E-state index contributed by atoms with van der Waals surface area (Å²) in [7, 11) is 1.70. The standard InChI is InChI=1S/C20H27N3O2S2/c1-14(2)12-23-19(24)17(21-20(23)26)11-15-4-5-18(25-3)16(10-15)13-22-6-8-27-9-7-22/h4-5,10-11,14H,6-9,12-13H2,1-3H3,(H,21,26)/b17-11+. The number of nitrogens with one attached hydrogen (secondary N) is 1. The first-order valence-corrected chi connectivity index (χ1v) is 10.9. The number of ether oxygens (including phenoxy) is 1. The highest BCUT2D eigenvalue weighted by atomic mass is 32.2. The van der Waals surface area contributed by atoms with E-state index in [4.69, 9.17) is 17.0 Å². The molecule has 0 aliphatic carbocycles. The van der Waals surface area contributed by atoms with Gasteiger partial charge in [-0.25, -0.2) is 0 Å². The average molecular weight is 406 g/mol. The monoisotopic (exact) mass is 405 g/mol. The molecule has 2 fully saturated rings. The maximum absolute atomic E-state index is 12.7. The van der Waals surface area contributed by atoms with Gasteiger partial charge in [-0.2, -0.15) is 11.8 Å². The van der Waals surface area contributed by atoms with Crippen LogP contribution >= 0.6 is 24.0 Å². The van der Waals surface area contributed by atoms with E-state index in [9.17, 15) is 4.79 Å². The first kappa shape index (κ1) is 20.2. The van der Waals surface area contributed by atoms with E-state index in [1.54, 1.807) is 12.0 Å². The quantitative estimate of drug-likeness (QED) is 0.580. The molecular weight excluding hydrogens is 378 g/mol. The van der Waals surface area contributed by atoms with E-state index >= 15 is 0 Å². The van der Waals surface area contributed by atoms with Gasteiger partial charge in [0.2, 0.25) is 0 Å². The fraction of sp³-hybridized carbons (Fsp3) is 0.500. The number of thioether (sulfide) groups is 1. The van der Waals surface area contributed by atoms with Crippen LogP contribution in [0.5, 0.6) is 5.75 Å². The molecule has 146 valence electrons. The third-order valence-electron chi connectivity index (χ3n) is 4.62. The molecule has 5 nitrogen and oxygen atoms in total. The number of hydrogen-bond donors (Lipinski definition) is 1. The second-order valence-electron chi connectivity index (χ2n) is 7.26. The van der Waals surface area contributed by atoms with Gasteiger partial charge in [0, 0.05) is 43.2 Å². The summed E-state index contributed by atoms with van der Waals surface area (Å²) < 4.78 is 5.55. The highest BCUT2D eigenvalue weighted by Gasteiger charge is 2.30. The first-order valence-electron chi connectivity index (χ1n) is 9.29. The molecule has 2 heterocycles. The highest BCUT2D eigenvalue weighted by Crippen LogP contribution is 2.25. The van der Waals surface area contributed by atoms with Crippen LogP contribution in [0.2, 0.25) is 0 Å². The Hall–Kier alpha value is -1.57. The first-order chi connectivity index (χ1) is 13.0. The minimum Gasteiger partial charge on any atom is -0.496 e. The van der Waals surface area contributed by atoms with Gasteiger partial charge in [0.05, 0.1) is 7.11 Å². The van der Waals surface area contributed by atoms with Crippen LogP contribution in [0.15, 0.2) is 23.9 Å². The molecule has 0 radical (unpaired) electrons. The van der Waals surface area contributed by atoms with Gasteiger partial charge in [-0.05, 0) is 41.9 Å². The number of thiocarbonyl (C=S) groups is 1. The molecule has 1 amide bonds. The lowest BCUT2D eigenvalue weighted by molar-refractivity contribution is -0.122. The predicted octanol–water partition coefficient (Wildman–Crippen LogP) is 2.96. The number of carbonyl (C=O) groups excluding carboxylic acids is 1. The lowest BCUT2D eigenvalue weighted by Crippen LogP contribution is -2.33. The SMILES string of the molecule is COc1ccc(/C=C2/NC(=S)N(CC(C)C)C2=O)cc1CN1CCSCC1. The van der Waals surface area contributed by atoms with Gasteiger partial charge in [-0.3, -0.25) is 14.6 Å². The average Bonchev–Trinajstić information content (AvgIpc) is 2.90. The zero-order valence-electron chi connectivity index (χ0n) is 16.2. The molecule has 2 aliphatic rings. The van der Waals surface area contributed by atoms with Crippen molar-refractivity contribution < 1.29 is 9.53 Å². The molecule has 0 bridgehead atoms. The summed E-state index contributed by atoms with van der Waals surface area (Å²) >= 11 is 7.33. The second kappa shape index (κ2) is 9.08. The summed E-state index contributed by atoms with van der Waals surface area (Å²) in [6.45, 7) is 7.83. The molecule has 1 aromatic carbocycles. The Bertz CT molecular complexity index is 743. The van der Waals surface area contributed by atoms with E-state index in [0.717, 1.165) is 36.5 Å². The summed E-state index contributed by atoms with van der Waals surface area (Å²) in [5, 5.41) is 3.55. The van der Waals surface area contributed by atoms with Gasteiger partial charge in [-0.1, -0.05) is 19.9 Å².